The molecule has 6 nitrogen and oxygen atoms in total. The summed E-state index contributed by atoms with van der Waals surface area (Å²) in [7, 11) is 3.90. The van der Waals surface area contributed by atoms with Gasteiger partial charge in [0.25, 0.3) is 5.91 Å². The van der Waals surface area contributed by atoms with Crippen LogP contribution in [0.15, 0.2) is 42.5 Å². The van der Waals surface area contributed by atoms with Crippen LogP contribution in [-0.4, -0.2) is 50.5 Å². The molecule has 27 heavy (non-hydrogen) atoms. The van der Waals surface area contributed by atoms with Gasteiger partial charge in [-0.25, -0.2) is 4.39 Å². The number of benzene rings is 2. The normalized spacial score (nSPS) is 13.3. The molecule has 1 aliphatic heterocycles. The monoisotopic (exact) mass is 371 g/mol. The Bertz CT molecular complexity index is 837. The van der Waals surface area contributed by atoms with Crippen molar-refractivity contribution in [2.45, 2.75) is 6.42 Å². The second kappa shape index (κ2) is 8.18. The molecule has 0 atom stereocenters. The summed E-state index contributed by atoms with van der Waals surface area (Å²) in [4.78, 5) is 28.1. The SMILES string of the molecule is CN(C)CCN1C(=O)COc2cc(NC(=O)Cc3ccc(F)cc3)ccc21. The van der Waals surface area contributed by atoms with Crippen molar-refractivity contribution in [1.82, 2.24) is 4.90 Å². The summed E-state index contributed by atoms with van der Waals surface area (Å²) < 4.78 is 18.5. The lowest BCUT2D eigenvalue weighted by Gasteiger charge is -2.30. The number of ether oxygens (including phenoxy) is 1. The Morgan fingerprint density at radius 1 is 1.22 bits per heavy atom. The van der Waals surface area contributed by atoms with Crippen molar-refractivity contribution in [1.29, 1.82) is 0 Å². The molecule has 0 aromatic heterocycles. The van der Waals surface area contributed by atoms with Crippen molar-refractivity contribution < 1.29 is 18.7 Å². The number of carbonyl (C=O) groups excluding carboxylic acids is 2. The summed E-state index contributed by atoms with van der Waals surface area (Å²) in [5.74, 6) is -0.0670. The van der Waals surface area contributed by atoms with Gasteiger partial charge in [-0.3, -0.25) is 9.59 Å². The summed E-state index contributed by atoms with van der Waals surface area (Å²) in [5, 5.41) is 2.81. The molecule has 0 spiro atoms. The second-order valence-electron chi connectivity index (χ2n) is 6.67. The van der Waals surface area contributed by atoms with Gasteiger partial charge in [0.05, 0.1) is 12.1 Å². The summed E-state index contributed by atoms with van der Waals surface area (Å²) in [6, 6.07) is 11.1. The van der Waals surface area contributed by atoms with E-state index in [-0.39, 0.29) is 30.7 Å². The number of likely N-dealkylation sites (N-methyl/N-ethyl adjacent to an activating group) is 1. The number of carbonyl (C=O) groups is 2. The maximum atomic E-state index is 12.9. The van der Waals surface area contributed by atoms with Crippen molar-refractivity contribution in [2.24, 2.45) is 0 Å². The van der Waals surface area contributed by atoms with Gasteiger partial charge in [-0.2, -0.15) is 0 Å². The van der Waals surface area contributed by atoms with E-state index in [2.05, 4.69) is 5.32 Å². The van der Waals surface area contributed by atoms with E-state index < -0.39 is 0 Å². The average Bonchev–Trinajstić information content (AvgIpc) is 2.62. The zero-order chi connectivity index (χ0) is 19.4. The summed E-state index contributed by atoms with van der Waals surface area (Å²) in [6.07, 6.45) is 0.145. The molecule has 0 aliphatic carbocycles. The molecule has 142 valence electrons. The van der Waals surface area contributed by atoms with Gasteiger partial charge in [0.15, 0.2) is 6.61 Å². The molecule has 2 amide bonds. The van der Waals surface area contributed by atoms with Crippen LogP contribution in [-0.2, 0) is 16.0 Å². The van der Waals surface area contributed by atoms with E-state index >= 15 is 0 Å². The first kappa shape index (κ1) is 18.8. The first-order chi connectivity index (χ1) is 12.9. The summed E-state index contributed by atoms with van der Waals surface area (Å²) in [6.45, 7) is 1.28. The maximum Gasteiger partial charge on any atom is 0.265 e. The predicted octanol–water partition coefficient (Wildman–Crippen LogP) is 2.29. The second-order valence-corrected chi connectivity index (χ2v) is 6.67. The number of rotatable bonds is 6. The Balaban J connectivity index is 1.69. The molecule has 0 saturated heterocycles. The molecule has 0 bridgehead atoms. The number of fused-ring (bicyclic) bond motifs is 1. The Kier molecular flexibility index (Phi) is 5.71. The minimum Gasteiger partial charge on any atom is -0.481 e. The van der Waals surface area contributed by atoms with Gasteiger partial charge >= 0.3 is 0 Å². The van der Waals surface area contributed by atoms with Crippen molar-refractivity contribution in [3.05, 3.63) is 53.8 Å². The van der Waals surface area contributed by atoms with Crippen LogP contribution in [0.5, 0.6) is 5.75 Å². The van der Waals surface area contributed by atoms with Crippen LogP contribution in [0.3, 0.4) is 0 Å². The lowest BCUT2D eigenvalue weighted by atomic mass is 10.1. The van der Waals surface area contributed by atoms with Gasteiger partial charge in [-0.15, -0.1) is 0 Å². The van der Waals surface area contributed by atoms with Crippen LogP contribution < -0.4 is 15.0 Å². The molecule has 0 fully saturated rings. The number of nitrogens with zero attached hydrogens (tertiary/aromatic N) is 2. The molecule has 7 heteroatoms. The number of nitrogens with one attached hydrogen (secondary N) is 1. The number of anilines is 2. The first-order valence-corrected chi connectivity index (χ1v) is 8.68. The quantitative estimate of drug-likeness (QED) is 0.846. The molecule has 1 N–H and O–H groups in total. The Labute approximate surface area is 157 Å². The van der Waals surface area contributed by atoms with E-state index in [1.165, 1.54) is 12.1 Å². The number of hydrogen-bond acceptors (Lipinski definition) is 4. The van der Waals surface area contributed by atoms with Gasteiger partial charge in [0.1, 0.15) is 11.6 Å². The van der Waals surface area contributed by atoms with Crippen molar-refractivity contribution in [3.63, 3.8) is 0 Å². The predicted molar refractivity (Wildman–Crippen MR) is 102 cm³/mol. The highest BCUT2D eigenvalue weighted by Crippen LogP contribution is 2.34. The third-order valence-electron chi connectivity index (χ3n) is 4.24. The largest absolute Gasteiger partial charge is 0.481 e. The molecule has 3 rings (SSSR count). The molecule has 0 saturated carbocycles. The molecular formula is C20H22FN3O3. The number of hydrogen-bond donors (Lipinski definition) is 1. The highest BCUT2D eigenvalue weighted by Gasteiger charge is 2.25. The first-order valence-electron chi connectivity index (χ1n) is 8.68. The molecule has 0 unspecified atom stereocenters. The smallest absolute Gasteiger partial charge is 0.265 e. The van der Waals surface area contributed by atoms with Crippen molar-refractivity contribution in [3.8, 4) is 5.75 Å². The van der Waals surface area contributed by atoms with E-state index in [0.29, 0.717) is 23.7 Å². The van der Waals surface area contributed by atoms with Crippen molar-refractivity contribution in [2.75, 3.05) is 44.0 Å². The van der Waals surface area contributed by atoms with Crippen LogP contribution in [0.1, 0.15) is 5.56 Å². The fourth-order valence-electron chi connectivity index (χ4n) is 2.82. The fourth-order valence-corrected chi connectivity index (χ4v) is 2.82. The van der Waals surface area contributed by atoms with Crippen LogP contribution in [0.2, 0.25) is 0 Å². The lowest BCUT2D eigenvalue weighted by Crippen LogP contribution is -2.42. The molecular weight excluding hydrogens is 349 g/mol. The maximum absolute atomic E-state index is 12.9. The number of amides is 2. The highest BCUT2D eigenvalue weighted by atomic mass is 19.1. The van der Waals surface area contributed by atoms with Crippen LogP contribution in [0, 0.1) is 5.82 Å². The lowest BCUT2D eigenvalue weighted by molar-refractivity contribution is -0.121. The average molecular weight is 371 g/mol. The van der Waals surface area contributed by atoms with Crippen LogP contribution >= 0.6 is 0 Å². The molecule has 2 aromatic carbocycles. The summed E-state index contributed by atoms with van der Waals surface area (Å²) in [5.41, 5.74) is 2.01. The van der Waals surface area contributed by atoms with Gasteiger partial charge < -0.3 is 19.9 Å². The fraction of sp³-hybridized carbons (Fsp3) is 0.300. The van der Waals surface area contributed by atoms with E-state index in [0.717, 1.165) is 12.1 Å². The van der Waals surface area contributed by atoms with E-state index in [1.54, 1.807) is 35.2 Å². The summed E-state index contributed by atoms with van der Waals surface area (Å²) >= 11 is 0. The van der Waals surface area contributed by atoms with E-state index in [9.17, 15) is 14.0 Å². The molecule has 1 heterocycles. The van der Waals surface area contributed by atoms with E-state index in [4.69, 9.17) is 4.74 Å². The molecule has 2 aromatic rings. The molecule has 1 aliphatic rings. The minimum absolute atomic E-state index is 0.0204. The van der Waals surface area contributed by atoms with Gasteiger partial charge in [0, 0.05) is 24.8 Å². The van der Waals surface area contributed by atoms with Gasteiger partial charge in [-0.1, -0.05) is 12.1 Å². The minimum atomic E-state index is -0.334. The van der Waals surface area contributed by atoms with Crippen LogP contribution in [0.4, 0.5) is 15.8 Å². The number of halogens is 1. The third kappa shape index (κ3) is 4.83. The van der Waals surface area contributed by atoms with Gasteiger partial charge in [-0.05, 0) is 43.9 Å². The molecule has 0 radical (unpaired) electrons. The Morgan fingerprint density at radius 3 is 2.67 bits per heavy atom. The Morgan fingerprint density at radius 2 is 1.96 bits per heavy atom. The zero-order valence-corrected chi connectivity index (χ0v) is 15.4. The Hall–Kier alpha value is -2.93. The standard InChI is InChI=1S/C20H22FN3O3/c1-23(2)9-10-24-17-8-7-16(12-18(17)27-13-20(24)26)22-19(25)11-14-3-5-15(21)6-4-14/h3-8,12H,9-11,13H2,1-2H3,(H,22,25). The van der Waals surface area contributed by atoms with Gasteiger partial charge in [0.2, 0.25) is 5.91 Å². The zero-order valence-electron chi connectivity index (χ0n) is 15.4. The van der Waals surface area contributed by atoms with Crippen LogP contribution in [0.25, 0.3) is 0 Å². The van der Waals surface area contributed by atoms with E-state index in [1.807, 2.05) is 19.0 Å². The highest BCUT2D eigenvalue weighted by molar-refractivity contribution is 5.99. The third-order valence-corrected chi connectivity index (χ3v) is 4.24. The van der Waals surface area contributed by atoms with Crippen molar-refractivity contribution >= 4 is 23.2 Å². The topological polar surface area (TPSA) is 61.9 Å².